The van der Waals surface area contributed by atoms with Crippen LogP contribution in [-0.4, -0.2) is 37.9 Å². The number of rotatable bonds is 3. The number of anilines is 1. The zero-order valence-electron chi connectivity index (χ0n) is 9.54. The Kier molecular flexibility index (Phi) is 2.30. The lowest BCUT2D eigenvalue weighted by Gasteiger charge is -2.03. The van der Waals surface area contributed by atoms with Crippen LogP contribution in [0.2, 0.25) is 0 Å². The summed E-state index contributed by atoms with van der Waals surface area (Å²) in [5.41, 5.74) is 6.92. The second kappa shape index (κ2) is 3.74. The van der Waals surface area contributed by atoms with Gasteiger partial charge in [0.1, 0.15) is 19.3 Å². The Morgan fingerprint density at radius 1 is 1.50 bits per heavy atom. The number of hydrogen-bond donors (Lipinski definition) is 2. The summed E-state index contributed by atoms with van der Waals surface area (Å²) in [5, 5.41) is 9.16. The number of fused-ring (bicyclic) bond motifs is 1. The van der Waals surface area contributed by atoms with Crippen molar-refractivity contribution in [2.24, 2.45) is 5.41 Å². The number of halogens is 1. The van der Waals surface area contributed by atoms with Crippen LogP contribution in [0, 0.1) is 5.41 Å². The van der Waals surface area contributed by atoms with E-state index in [1.807, 2.05) is 0 Å². The Morgan fingerprint density at radius 3 is 3.00 bits per heavy atom. The number of aliphatic hydroxyl groups excluding tert-OH is 1. The number of nitrogens with zero attached hydrogens (tertiary/aromatic N) is 4. The maximum absolute atomic E-state index is 12.8. The summed E-state index contributed by atoms with van der Waals surface area (Å²) in [6.45, 7) is -0.738. The van der Waals surface area contributed by atoms with E-state index >= 15 is 0 Å². The molecule has 1 aliphatic carbocycles. The lowest BCUT2D eigenvalue weighted by molar-refractivity contribution is 0.191. The van der Waals surface area contributed by atoms with Gasteiger partial charge in [0.2, 0.25) is 0 Å². The molecule has 0 saturated heterocycles. The van der Waals surface area contributed by atoms with Gasteiger partial charge in [-0.25, -0.2) is 15.0 Å². The van der Waals surface area contributed by atoms with Gasteiger partial charge in [-0.05, 0) is 12.0 Å². The normalized spacial score (nSPS) is 24.9. The van der Waals surface area contributed by atoms with Crippen LogP contribution < -0.4 is 5.73 Å². The Labute approximate surface area is 102 Å². The van der Waals surface area contributed by atoms with Crippen molar-refractivity contribution < 1.29 is 9.50 Å². The van der Waals surface area contributed by atoms with Crippen LogP contribution in [0.15, 0.2) is 18.2 Å². The number of hydrogen-bond acceptors (Lipinski definition) is 5. The van der Waals surface area contributed by atoms with E-state index in [4.69, 9.17) is 10.8 Å². The van der Waals surface area contributed by atoms with Gasteiger partial charge in [-0.15, -0.1) is 0 Å². The molecule has 1 aliphatic rings. The van der Waals surface area contributed by atoms with Crippen molar-refractivity contribution in [1.82, 2.24) is 19.5 Å². The van der Waals surface area contributed by atoms with Crippen molar-refractivity contribution in [3.63, 3.8) is 0 Å². The molecule has 0 aromatic carbocycles. The molecule has 7 heteroatoms. The van der Waals surface area contributed by atoms with Crippen molar-refractivity contribution in [2.75, 3.05) is 19.0 Å². The fraction of sp³-hybridized carbons (Fsp3) is 0.364. The zero-order valence-corrected chi connectivity index (χ0v) is 9.54. The minimum atomic E-state index is -0.699. The summed E-state index contributed by atoms with van der Waals surface area (Å²) in [6, 6.07) is 0. The first-order valence-corrected chi connectivity index (χ1v) is 5.51. The largest absolute Gasteiger partial charge is 0.395 e. The van der Waals surface area contributed by atoms with Crippen LogP contribution >= 0.6 is 0 Å². The van der Waals surface area contributed by atoms with E-state index < -0.39 is 12.1 Å². The molecule has 1 atom stereocenters. The first-order valence-electron chi connectivity index (χ1n) is 5.51. The van der Waals surface area contributed by atoms with Gasteiger partial charge in [0.05, 0.1) is 6.61 Å². The number of imidazole rings is 1. The Bertz CT molecular complexity index is 631. The average Bonchev–Trinajstić information content (AvgIpc) is 2.93. The first kappa shape index (κ1) is 11.1. The fourth-order valence-electron chi connectivity index (χ4n) is 1.97. The average molecular weight is 249 g/mol. The van der Waals surface area contributed by atoms with Gasteiger partial charge >= 0.3 is 0 Å². The smallest absolute Gasteiger partial charge is 0.169 e. The summed E-state index contributed by atoms with van der Waals surface area (Å²) in [6.07, 6.45) is 5.22. The Morgan fingerprint density at radius 2 is 2.33 bits per heavy atom. The lowest BCUT2D eigenvalue weighted by atomic mass is 10.1. The summed E-state index contributed by atoms with van der Waals surface area (Å²) < 4.78 is 14.5. The summed E-state index contributed by atoms with van der Waals surface area (Å²) in [4.78, 5) is 12.0. The second-order valence-electron chi connectivity index (χ2n) is 4.49. The molecule has 1 fully saturated rings. The molecule has 2 aromatic rings. The molecule has 6 nitrogen and oxygen atoms in total. The van der Waals surface area contributed by atoms with E-state index in [0.717, 1.165) is 5.57 Å². The lowest BCUT2D eigenvalue weighted by Crippen LogP contribution is -2.09. The van der Waals surface area contributed by atoms with E-state index in [2.05, 4.69) is 15.0 Å². The first-order chi connectivity index (χ1) is 8.70. The molecule has 18 heavy (non-hydrogen) atoms. The van der Waals surface area contributed by atoms with Crippen LogP contribution in [0.4, 0.5) is 10.2 Å². The SMILES string of the molecule is Nc1ncnc2c1ncn2/C=C1\CC1(CO)CF. The van der Waals surface area contributed by atoms with Crippen LogP contribution in [0.1, 0.15) is 6.42 Å². The minimum absolute atomic E-state index is 0.181. The molecule has 3 rings (SSSR count). The second-order valence-corrected chi connectivity index (χ2v) is 4.49. The van der Waals surface area contributed by atoms with E-state index in [-0.39, 0.29) is 6.61 Å². The molecule has 0 radical (unpaired) electrons. The summed E-state index contributed by atoms with van der Waals surface area (Å²) >= 11 is 0. The highest BCUT2D eigenvalue weighted by Gasteiger charge is 2.48. The van der Waals surface area contributed by atoms with E-state index in [0.29, 0.717) is 23.4 Å². The molecule has 0 amide bonds. The van der Waals surface area contributed by atoms with Crippen molar-refractivity contribution in [2.45, 2.75) is 6.42 Å². The number of nitrogen functional groups attached to an aromatic ring is 1. The molecular weight excluding hydrogens is 237 g/mol. The van der Waals surface area contributed by atoms with Gasteiger partial charge in [-0.1, -0.05) is 0 Å². The number of nitrogens with two attached hydrogens (primary N) is 1. The van der Waals surface area contributed by atoms with Gasteiger partial charge in [-0.3, -0.25) is 8.96 Å². The highest BCUT2D eigenvalue weighted by molar-refractivity contribution is 5.82. The van der Waals surface area contributed by atoms with Crippen LogP contribution in [0.5, 0.6) is 0 Å². The molecule has 1 unspecified atom stereocenters. The number of aromatic nitrogens is 4. The molecule has 0 bridgehead atoms. The van der Waals surface area contributed by atoms with Gasteiger partial charge in [-0.2, -0.15) is 0 Å². The Balaban J connectivity index is 2.03. The third-order valence-corrected chi connectivity index (χ3v) is 3.33. The zero-order chi connectivity index (χ0) is 12.8. The minimum Gasteiger partial charge on any atom is -0.395 e. The van der Waals surface area contributed by atoms with Crippen molar-refractivity contribution >= 4 is 23.2 Å². The molecule has 2 aromatic heterocycles. The standard InChI is InChI=1S/C11H12FN5O/c12-3-11(4-18)1-7(11)2-17-6-16-8-9(13)14-5-15-10(8)17/h2,5-6,18H,1,3-4H2,(H2,13,14,15)/b7-2+. The van der Waals surface area contributed by atoms with Crippen molar-refractivity contribution in [1.29, 1.82) is 0 Å². The van der Waals surface area contributed by atoms with Crippen LogP contribution in [0.3, 0.4) is 0 Å². The molecule has 2 heterocycles. The third-order valence-electron chi connectivity index (χ3n) is 3.33. The highest BCUT2D eigenvalue weighted by atomic mass is 19.1. The predicted octanol–water partition coefficient (Wildman–Crippen LogP) is 0.601. The molecule has 0 aliphatic heterocycles. The molecule has 3 N–H and O–H groups in total. The van der Waals surface area contributed by atoms with Gasteiger partial charge in [0.15, 0.2) is 17.0 Å². The molecule has 1 saturated carbocycles. The molecule has 0 spiro atoms. The molecule has 94 valence electrons. The maximum Gasteiger partial charge on any atom is 0.169 e. The van der Waals surface area contributed by atoms with Crippen molar-refractivity contribution in [3.05, 3.63) is 18.2 Å². The van der Waals surface area contributed by atoms with Crippen LogP contribution in [0.25, 0.3) is 17.4 Å². The highest BCUT2D eigenvalue weighted by Crippen LogP contribution is 2.52. The van der Waals surface area contributed by atoms with Crippen LogP contribution in [-0.2, 0) is 0 Å². The summed E-state index contributed by atoms with van der Waals surface area (Å²) in [5.74, 6) is 0.312. The van der Waals surface area contributed by atoms with E-state index in [1.165, 1.54) is 6.33 Å². The topological polar surface area (TPSA) is 89.9 Å². The van der Waals surface area contributed by atoms with E-state index in [9.17, 15) is 4.39 Å². The van der Waals surface area contributed by atoms with Crippen molar-refractivity contribution in [3.8, 4) is 0 Å². The van der Waals surface area contributed by atoms with Gasteiger partial charge in [0.25, 0.3) is 0 Å². The quantitative estimate of drug-likeness (QED) is 0.831. The monoisotopic (exact) mass is 249 g/mol. The fourth-order valence-corrected chi connectivity index (χ4v) is 1.97. The van der Waals surface area contributed by atoms with E-state index in [1.54, 1.807) is 17.1 Å². The molecular formula is C11H12FN5O. The van der Waals surface area contributed by atoms with Gasteiger partial charge < -0.3 is 10.8 Å². The maximum atomic E-state index is 12.8. The third kappa shape index (κ3) is 1.47. The summed E-state index contributed by atoms with van der Waals surface area (Å²) in [7, 11) is 0. The number of aliphatic hydroxyl groups is 1. The number of alkyl halides is 1. The predicted molar refractivity (Wildman–Crippen MR) is 64.1 cm³/mol. The van der Waals surface area contributed by atoms with Gasteiger partial charge in [0, 0.05) is 11.6 Å². The Hall–Kier alpha value is -2.02.